The van der Waals surface area contributed by atoms with Crippen molar-refractivity contribution in [2.75, 3.05) is 20.3 Å². The first-order chi connectivity index (χ1) is 8.95. The molecule has 0 aliphatic rings. The van der Waals surface area contributed by atoms with Gasteiger partial charge >= 0.3 is 0 Å². The Balaban J connectivity index is 3.02. The Morgan fingerprint density at radius 1 is 1.21 bits per heavy atom. The van der Waals surface area contributed by atoms with Gasteiger partial charge in [0.1, 0.15) is 0 Å². The van der Waals surface area contributed by atoms with Gasteiger partial charge in [-0.3, -0.25) is 25.0 Å². The van der Waals surface area contributed by atoms with Gasteiger partial charge in [0.2, 0.25) is 0 Å². The topological polar surface area (TPSA) is 125 Å². The lowest BCUT2D eigenvalue weighted by atomic mass is 10.1. The fourth-order valence-electron chi connectivity index (χ4n) is 1.31. The van der Waals surface area contributed by atoms with Crippen LogP contribution >= 0.6 is 0 Å². The molecule has 1 aromatic rings. The van der Waals surface area contributed by atoms with Gasteiger partial charge < -0.3 is 10.1 Å². The molecule has 0 aliphatic carbocycles. The minimum absolute atomic E-state index is 0.142. The Morgan fingerprint density at radius 3 is 2.16 bits per heavy atom. The van der Waals surface area contributed by atoms with E-state index in [1.165, 1.54) is 7.11 Å². The molecule has 0 fully saturated rings. The molecule has 0 atom stereocenters. The normalized spacial score (nSPS) is 9.95. The standard InChI is InChI=1S/C10H11N3O6/c1-19-3-2-11-10(14)7-4-8(12(15)16)6-9(5-7)13(17)18/h4-6H,2-3H2,1H3,(H,11,14). The number of methoxy groups -OCH3 is 1. The maximum Gasteiger partial charge on any atom is 0.277 e. The Bertz CT molecular complexity index is 484. The van der Waals surface area contributed by atoms with E-state index in [0.29, 0.717) is 0 Å². The number of rotatable bonds is 6. The van der Waals surface area contributed by atoms with Crippen LogP contribution in [0.3, 0.4) is 0 Å². The van der Waals surface area contributed by atoms with Crippen molar-refractivity contribution in [2.45, 2.75) is 0 Å². The van der Waals surface area contributed by atoms with Gasteiger partial charge in [0.05, 0.1) is 28.1 Å². The van der Waals surface area contributed by atoms with Crippen molar-refractivity contribution in [3.63, 3.8) is 0 Å². The number of nitro benzene ring substituents is 2. The highest BCUT2D eigenvalue weighted by atomic mass is 16.6. The van der Waals surface area contributed by atoms with Crippen LogP contribution in [0.2, 0.25) is 0 Å². The van der Waals surface area contributed by atoms with Crippen LogP contribution in [-0.2, 0) is 4.74 Å². The predicted octanol–water partition coefficient (Wildman–Crippen LogP) is 0.879. The highest BCUT2D eigenvalue weighted by Crippen LogP contribution is 2.22. The second-order valence-corrected chi connectivity index (χ2v) is 3.50. The first-order valence-corrected chi connectivity index (χ1v) is 5.16. The highest BCUT2D eigenvalue weighted by molar-refractivity contribution is 5.95. The van der Waals surface area contributed by atoms with Crippen LogP contribution in [0.4, 0.5) is 11.4 Å². The molecular weight excluding hydrogens is 258 g/mol. The minimum atomic E-state index is -0.793. The molecule has 0 radical (unpaired) electrons. The van der Waals surface area contributed by atoms with E-state index in [1.807, 2.05) is 0 Å². The van der Waals surface area contributed by atoms with Gasteiger partial charge in [0.25, 0.3) is 17.3 Å². The van der Waals surface area contributed by atoms with Crippen LogP contribution in [0.5, 0.6) is 0 Å². The van der Waals surface area contributed by atoms with Crippen molar-refractivity contribution in [1.29, 1.82) is 0 Å². The van der Waals surface area contributed by atoms with E-state index in [2.05, 4.69) is 5.32 Å². The molecule has 0 saturated heterocycles. The van der Waals surface area contributed by atoms with Crippen LogP contribution in [0, 0.1) is 20.2 Å². The lowest BCUT2D eigenvalue weighted by molar-refractivity contribution is -0.394. The van der Waals surface area contributed by atoms with E-state index in [0.717, 1.165) is 18.2 Å². The predicted molar refractivity (Wildman–Crippen MR) is 64.0 cm³/mol. The third-order valence-electron chi connectivity index (χ3n) is 2.18. The first-order valence-electron chi connectivity index (χ1n) is 5.16. The van der Waals surface area contributed by atoms with Crippen molar-refractivity contribution in [3.8, 4) is 0 Å². The zero-order valence-corrected chi connectivity index (χ0v) is 9.99. The van der Waals surface area contributed by atoms with E-state index in [1.54, 1.807) is 0 Å². The van der Waals surface area contributed by atoms with Crippen LogP contribution in [-0.4, -0.2) is 36.0 Å². The second-order valence-electron chi connectivity index (χ2n) is 3.50. The summed E-state index contributed by atoms with van der Waals surface area (Å²) in [7, 11) is 1.45. The number of hydrogen-bond acceptors (Lipinski definition) is 6. The zero-order chi connectivity index (χ0) is 14.4. The Morgan fingerprint density at radius 2 is 1.74 bits per heavy atom. The molecule has 0 aromatic heterocycles. The summed E-state index contributed by atoms with van der Waals surface area (Å²) in [5, 5.41) is 23.7. The molecule has 9 heteroatoms. The number of nitrogens with zero attached hydrogens (tertiary/aromatic N) is 2. The van der Waals surface area contributed by atoms with Crippen molar-refractivity contribution in [2.24, 2.45) is 0 Å². The van der Waals surface area contributed by atoms with E-state index in [4.69, 9.17) is 4.74 Å². The molecule has 0 spiro atoms. The molecule has 19 heavy (non-hydrogen) atoms. The fraction of sp³-hybridized carbons (Fsp3) is 0.300. The molecule has 0 unspecified atom stereocenters. The van der Waals surface area contributed by atoms with Crippen LogP contribution in [0.1, 0.15) is 10.4 Å². The molecule has 0 heterocycles. The molecule has 102 valence electrons. The molecule has 1 rings (SSSR count). The molecule has 0 bridgehead atoms. The Kier molecular flexibility index (Phi) is 4.89. The molecule has 0 saturated carbocycles. The number of carbonyl (C=O) groups excluding carboxylic acids is 1. The van der Waals surface area contributed by atoms with Gasteiger partial charge in [-0.1, -0.05) is 0 Å². The number of hydrogen-bond donors (Lipinski definition) is 1. The van der Waals surface area contributed by atoms with Gasteiger partial charge in [0, 0.05) is 25.8 Å². The second kappa shape index (κ2) is 6.40. The average molecular weight is 269 g/mol. The Hall–Kier alpha value is -2.55. The number of carbonyl (C=O) groups is 1. The first kappa shape index (κ1) is 14.5. The zero-order valence-electron chi connectivity index (χ0n) is 9.99. The number of nitro groups is 2. The number of ether oxygens (including phenoxy) is 1. The molecular formula is C10H11N3O6. The molecule has 9 nitrogen and oxygen atoms in total. The number of nitrogens with one attached hydrogen (secondary N) is 1. The van der Waals surface area contributed by atoms with Crippen LogP contribution < -0.4 is 5.32 Å². The van der Waals surface area contributed by atoms with E-state index < -0.39 is 27.1 Å². The maximum atomic E-state index is 11.7. The van der Waals surface area contributed by atoms with Crippen molar-refractivity contribution >= 4 is 17.3 Å². The van der Waals surface area contributed by atoms with Gasteiger partial charge in [-0.05, 0) is 0 Å². The quantitative estimate of drug-likeness (QED) is 0.464. The summed E-state index contributed by atoms with van der Waals surface area (Å²) >= 11 is 0. The summed E-state index contributed by atoms with van der Waals surface area (Å²) < 4.78 is 4.72. The van der Waals surface area contributed by atoms with E-state index in [9.17, 15) is 25.0 Å². The highest BCUT2D eigenvalue weighted by Gasteiger charge is 2.19. The minimum Gasteiger partial charge on any atom is -0.383 e. The van der Waals surface area contributed by atoms with Gasteiger partial charge in [0.15, 0.2) is 0 Å². The molecule has 1 N–H and O–H groups in total. The van der Waals surface area contributed by atoms with Gasteiger partial charge in [-0.25, -0.2) is 0 Å². The smallest absolute Gasteiger partial charge is 0.277 e. The van der Waals surface area contributed by atoms with Crippen molar-refractivity contribution < 1.29 is 19.4 Å². The monoisotopic (exact) mass is 269 g/mol. The molecule has 1 amide bonds. The third-order valence-corrected chi connectivity index (χ3v) is 2.18. The number of non-ortho nitro benzene ring substituents is 2. The summed E-state index contributed by atoms with van der Waals surface area (Å²) in [6, 6.07) is 2.76. The summed E-state index contributed by atoms with van der Waals surface area (Å²) in [5.41, 5.74) is -1.16. The van der Waals surface area contributed by atoms with Gasteiger partial charge in [-0.2, -0.15) is 0 Å². The van der Waals surface area contributed by atoms with E-state index in [-0.39, 0.29) is 18.7 Å². The number of amides is 1. The number of benzene rings is 1. The molecule has 1 aromatic carbocycles. The van der Waals surface area contributed by atoms with Crippen LogP contribution in [0.15, 0.2) is 18.2 Å². The maximum absolute atomic E-state index is 11.7. The summed E-state index contributed by atoms with van der Waals surface area (Å²) in [6.45, 7) is 0.467. The lowest BCUT2D eigenvalue weighted by Gasteiger charge is -2.04. The average Bonchev–Trinajstić information content (AvgIpc) is 2.38. The largest absolute Gasteiger partial charge is 0.383 e. The Labute approximate surface area is 107 Å². The SMILES string of the molecule is COCCNC(=O)c1cc([N+](=O)[O-])cc([N+](=O)[O-])c1. The van der Waals surface area contributed by atoms with Crippen molar-refractivity contribution in [3.05, 3.63) is 44.0 Å². The summed E-state index contributed by atoms with van der Waals surface area (Å²) in [5.74, 6) is -0.635. The summed E-state index contributed by atoms with van der Waals surface area (Å²) in [6.07, 6.45) is 0. The van der Waals surface area contributed by atoms with Gasteiger partial charge in [-0.15, -0.1) is 0 Å². The third kappa shape index (κ3) is 4.00. The summed E-state index contributed by atoms with van der Waals surface area (Å²) in [4.78, 5) is 31.4. The van der Waals surface area contributed by atoms with Crippen molar-refractivity contribution in [1.82, 2.24) is 5.32 Å². The lowest BCUT2D eigenvalue weighted by Crippen LogP contribution is -2.27. The van der Waals surface area contributed by atoms with E-state index >= 15 is 0 Å². The van der Waals surface area contributed by atoms with Crippen LogP contribution in [0.25, 0.3) is 0 Å². The molecule has 0 aliphatic heterocycles. The fourth-order valence-corrected chi connectivity index (χ4v) is 1.31.